The molecule has 22 heavy (non-hydrogen) atoms. The van der Waals surface area contributed by atoms with Crippen LogP contribution in [0.3, 0.4) is 0 Å². The molecule has 1 aromatic carbocycles. The number of nitrogens with two attached hydrogens (primary N) is 3. The van der Waals surface area contributed by atoms with Gasteiger partial charge in [-0.05, 0) is 30.3 Å². The number of aromatic nitrogens is 1. The molecule has 0 bridgehead atoms. The van der Waals surface area contributed by atoms with E-state index in [9.17, 15) is 4.79 Å². The Kier molecular flexibility index (Phi) is 4.66. The molecule has 112 valence electrons. The quantitative estimate of drug-likeness (QED) is 0.483. The highest BCUT2D eigenvalue weighted by Crippen LogP contribution is 2.18. The number of rotatable bonds is 3. The molecule has 0 fully saturated rings. The summed E-state index contributed by atoms with van der Waals surface area (Å²) in [4.78, 5) is 23.6. The molecule has 0 aliphatic carbocycles. The third kappa shape index (κ3) is 4.30. The first-order valence-electron chi connectivity index (χ1n) is 6.31. The van der Waals surface area contributed by atoms with Crippen molar-refractivity contribution < 1.29 is 4.79 Å². The largest absolute Gasteiger partial charge is 0.370 e. The molecule has 0 atom stereocenters. The Hall–Kier alpha value is -3.42. The standard InChI is InChI=1S/C14H15N7O/c15-13(16)21-14(17)20-10-5-3-4-9(8-10)19-12(22)11-6-1-2-7-18-11/h1-8H,(H,19,22)(H6,15,16,17,20,21). The van der Waals surface area contributed by atoms with Gasteiger partial charge in [-0.15, -0.1) is 0 Å². The lowest BCUT2D eigenvalue weighted by molar-refractivity contribution is 0.102. The van der Waals surface area contributed by atoms with Crippen LogP contribution in [0, 0.1) is 0 Å². The molecule has 1 aromatic heterocycles. The predicted molar refractivity (Wildman–Crippen MR) is 85.7 cm³/mol. The number of guanidine groups is 2. The Labute approximate surface area is 126 Å². The molecule has 8 nitrogen and oxygen atoms in total. The van der Waals surface area contributed by atoms with Gasteiger partial charge >= 0.3 is 0 Å². The van der Waals surface area contributed by atoms with Gasteiger partial charge in [0.1, 0.15) is 5.69 Å². The van der Waals surface area contributed by atoms with E-state index in [1.807, 2.05) is 0 Å². The van der Waals surface area contributed by atoms with E-state index in [4.69, 9.17) is 17.2 Å². The third-order valence-corrected chi connectivity index (χ3v) is 2.49. The van der Waals surface area contributed by atoms with Crippen molar-refractivity contribution in [2.75, 3.05) is 5.32 Å². The molecule has 0 aliphatic rings. The van der Waals surface area contributed by atoms with Gasteiger partial charge in [-0.2, -0.15) is 4.99 Å². The zero-order valence-corrected chi connectivity index (χ0v) is 11.6. The van der Waals surface area contributed by atoms with Crippen LogP contribution >= 0.6 is 0 Å². The average molecular weight is 297 g/mol. The van der Waals surface area contributed by atoms with Crippen LogP contribution < -0.4 is 22.5 Å². The second-order valence-electron chi connectivity index (χ2n) is 4.23. The normalized spacial score (nSPS) is 10.8. The maximum Gasteiger partial charge on any atom is 0.274 e. The summed E-state index contributed by atoms with van der Waals surface area (Å²) >= 11 is 0. The second kappa shape index (κ2) is 6.84. The summed E-state index contributed by atoms with van der Waals surface area (Å²) in [6, 6.07) is 11.9. The number of amides is 1. The molecule has 0 spiro atoms. The molecule has 2 aromatic rings. The topological polar surface area (TPSA) is 145 Å². The van der Waals surface area contributed by atoms with E-state index in [0.29, 0.717) is 17.1 Å². The van der Waals surface area contributed by atoms with E-state index in [1.54, 1.807) is 48.7 Å². The molecule has 0 aliphatic heterocycles. The van der Waals surface area contributed by atoms with Gasteiger partial charge < -0.3 is 22.5 Å². The van der Waals surface area contributed by atoms with Crippen molar-refractivity contribution in [2.24, 2.45) is 27.2 Å². The van der Waals surface area contributed by atoms with Crippen LogP contribution in [0.2, 0.25) is 0 Å². The Morgan fingerprint density at radius 1 is 1.09 bits per heavy atom. The smallest absolute Gasteiger partial charge is 0.274 e. The molecule has 1 amide bonds. The highest BCUT2D eigenvalue weighted by molar-refractivity contribution is 6.03. The van der Waals surface area contributed by atoms with Crippen molar-refractivity contribution in [3.63, 3.8) is 0 Å². The van der Waals surface area contributed by atoms with Crippen LogP contribution in [0.15, 0.2) is 58.6 Å². The van der Waals surface area contributed by atoms with Gasteiger partial charge in [-0.1, -0.05) is 12.1 Å². The highest BCUT2D eigenvalue weighted by Gasteiger charge is 2.06. The number of carbonyl (C=O) groups is 1. The van der Waals surface area contributed by atoms with E-state index in [0.717, 1.165) is 0 Å². The fourth-order valence-electron chi connectivity index (χ4n) is 1.63. The summed E-state index contributed by atoms with van der Waals surface area (Å²) in [6.45, 7) is 0. The second-order valence-corrected chi connectivity index (χ2v) is 4.23. The van der Waals surface area contributed by atoms with Crippen LogP contribution in [0.25, 0.3) is 0 Å². The van der Waals surface area contributed by atoms with Crippen molar-refractivity contribution in [2.45, 2.75) is 0 Å². The van der Waals surface area contributed by atoms with E-state index in [2.05, 4.69) is 20.3 Å². The number of benzene rings is 1. The lowest BCUT2D eigenvalue weighted by Crippen LogP contribution is -2.26. The van der Waals surface area contributed by atoms with Gasteiger partial charge in [-0.25, -0.2) is 4.99 Å². The zero-order valence-electron chi connectivity index (χ0n) is 11.6. The Bertz CT molecular complexity index is 721. The van der Waals surface area contributed by atoms with E-state index in [1.165, 1.54) is 0 Å². The summed E-state index contributed by atoms with van der Waals surface area (Å²) < 4.78 is 0. The first-order valence-corrected chi connectivity index (χ1v) is 6.31. The van der Waals surface area contributed by atoms with Gasteiger partial charge in [0, 0.05) is 11.9 Å². The van der Waals surface area contributed by atoms with Crippen molar-refractivity contribution in [1.82, 2.24) is 4.98 Å². The molecule has 0 saturated carbocycles. The lowest BCUT2D eigenvalue weighted by Gasteiger charge is -2.05. The number of hydrogen-bond donors (Lipinski definition) is 4. The minimum atomic E-state index is -0.320. The first-order chi connectivity index (χ1) is 10.5. The Morgan fingerprint density at radius 2 is 1.91 bits per heavy atom. The summed E-state index contributed by atoms with van der Waals surface area (Å²) in [5, 5.41) is 2.72. The summed E-state index contributed by atoms with van der Waals surface area (Å²) in [5.41, 5.74) is 17.3. The maximum atomic E-state index is 12.0. The molecule has 0 radical (unpaired) electrons. The first kappa shape index (κ1) is 15.0. The minimum Gasteiger partial charge on any atom is -0.370 e. The summed E-state index contributed by atoms with van der Waals surface area (Å²) in [7, 11) is 0. The monoisotopic (exact) mass is 297 g/mol. The number of nitrogens with zero attached hydrogens (tertiary/aromatic N) is 3. The number of anilines is 1. The maximum absolute atomic E-state index is 12.0. The number of aliphatic imine (C=N–C) groups is 2. The number of pyridine rings is 1. The minimum absolute atomic E-state index is 0.0757. The zero-order chi connectivity index (χ0) is 15.9. The van der Waals surface area contributed by atoms with Crippen LogP contribution in [-0.2, 0) is 0 Å². The van der Waals surface area contributed by atoms with Crippen molar-refractivity contribution in [1.29, 1.82) is 0 Å². The van der Waals surface area contributed by atoms with Crippen LogP contribution in [0.1, 0.15) is 10.5 Å². The predicted octanol–water partition coefficient (Wildman–Crippen LogP) is 0.553. The van der Waals surface area contributed by atoms with Crippen molar-refractivity contribution in [3.05, 3.63) is 54.4 Å². The number of carbonyl (C=O) groups excluding carboxylic acids is 1. The third-order valence-electron chi connectivity index (χ3n) is 2.49. The van der Waals surface area contributed by atoms with Gasteiger partial charge in [-0.3, -0.25) is 9.78 Å². The highest BCUT2D eigenvalue weighted by atomic mass is 16.1. The fourth-order valence-corrected chi connectivity index (χ4v) is 1.63. The van der Waals surface area contributed by atoms with Gasteiger partial charge in [0.15, 0.2) is 5.96 Å². The van der Waals surface area contributed by atoms with Gasteiger partial charge in [0.2, 0.25) is 5.96 Å². The summed E-state index contributed by atoms with van der Waals surface area (Å²) in [6.07, 6.45) is 1.55. The molecule has 8 heteroatoms. The van der Waals surface area contributed by atoms with Crippen LogP contribution in [-0.4, -0.2) is 22.8 Å². The SMILES string of the molecule is NC(N)=NC(N)=Nc1cccc(NC(=O)c2ccccn2)c1. The average Bonchev–Trinajstić information content (AvgIpc) is 2.47. The molecule has 1 heterocycles. The summed E-state index contributed by atoms with van der Waals surface area (Å²) in [5.74, 6) is -0.576. The Balaban J connectivity index is 2.15. The van der Waals surface area contributed by atoms with E-state index >= 15 is 0 Å². The fraction of sp³-hybridized carbons (Fsp3) is 0. The lowest BCUT2D eigenvalue weighted by atomic mass is 10.2. The molecule has 0 saturated heterocycles. The molecule has 2 rings (SSSR count). The Morgan fingerprint density at radius 3 is 2.59 bits per heavy atom. The van der Waals surface area contributed by atoms with E-state index < -0.39 is 0 Å². The molecular formula is C14H15N7O. The molecular weight excluding hydrogens is 282 g/mol. The van der Waals surface area contributed by atoms with Crippen molar-refractivity contribution >= 4 is 29.2 Å². The van der Waals surface area contributed by atoms with E-state index in [-0.39, 0.29) is 17.8 Å². The molecule has 7 N–H and O–H groups in total. The van der Waals surface area contributed by atoms with Crippen molar-refractivity contribution in [3.8, 4) is 0 Å². The molecule has 0 unspecified atom stereocenters. The van der Waals surface area contributed by atoms with Crippen LogP contribution in [0.4, 0.5) is 11.4 Å². The van der Waals surface area contributed by atoms with Gasteiger partial charge in [0.25, 0.3) is 5.91 Å². The number of hydrogen-bond acceptors (Lipinski definition) is 3. The van der Waals surface area contributed by atoms with Crippen LogP contribution in [0.5, 0.6) is 0 Å². The van der Waals surface area contributed by atoms with Gasteiger partial charge in [0.05, 0.1) is 5.69 Å². The number of nitrogens with one attached hydrogen (secondary N) is 1.